The number of amides is 3. The lowest BCUT2D eigenvalue weighted by atomic mass is 9.99. The van der Waals surface area contributed by atoms with Gasteiger partial charge < -0.3 is 34.9 Å². The molecule has 3 N–H and O–H groups in total. The number of hydrogen-bond acceptors (Lipinski definition) is 9. The van der Waals surface area contributed by atoms with Crippen molar-refractivity contribution in [3.05, 3.63) is 90.3 Å². The van der Waals surface area contributed by atoms with Gasteiger partial charge in [-0.2, -0.15) is 5.10 Å². The highest BCUT2D eigenvalue weighted by Gasteiger charge is 2.34. The van der Waals surface area contributed by atoms with Crippen molar-refractivity contribution in [2.24, 2.45) is 0 Å². The number of likely N-dealkylation sites (tertiary alicyclic amines) is 1. The fourth-order valence-corrected chi connectivity index (χ4v) is 5.60. The Labute approximate surface area is 287 Å². The van der Waals surface area contributed by atoms with Crippen molar-refractivity contribution in [1.29, 1.82) is 0 Å². The van der Waals surface area contributed by atoms with Crippen LogP contribution in [0.15, 0.2) is 73.3 Å². The average molecular weight is 689 g/mol. The third kappa shape index (κ3) is 9.55. The smallest absolute Gasteiger partial charge is 0.300 e. The first kappa shape index (κ1) is 35.3. The summed E-state index contributed by atoms with van der Waals surface area (Å²) in [5.41, 5.74) is 2.22. The number of carboxylic acid groups (broad SMARTS) is 1. The molecule has 2 atom stereocenters. The van der Waals surface area contributed by atoms with Crippen LogP contribution in [0.4, 0.5) is 4.39 Å². The molecule has 2 aliphatic rings. The van der Waals surface area contributed by atoms with E-state index in [9.17, 15) is 18.8 Å². The van der Waals surface area contributed by atoms with E-state index in [1.54, 1.807) is 65.5 Å². The van der Waals surface area contributed by atoms with Crippen molar-refractivity contribution in [3.8, 4) is 28.4 Å². The van der Waals surface area contributed by atoms with Gasteiger partial charge in [-0.25, -0.2) is 9.37 Å². The molecule has 0 radical (unpaired) electrons. The summed E-state index contributed by atoms with van der Waals surface area (Å²) < 4.78 is 33.9. The molecule has 3 amide bonds. The van der Waals surface area contributed by atoms with Crippen LogP contribution in [0.5, 0.6) is 17.2 Å². The second kappa shape index (κ2) is 16.4. The Bertz CT molecular complexity index is 1830. The Balaban J connectivity index is 0.00000115. The molecule has 262 valence electrons. The van der Waals surface area contributed by atoms with E-state index >= 15 is 0 Å². The van der Waals surface area contributed by atoms with Gasteiger partial charge >= 0.3 is 0 Å². The third-order valence-corrected chi connectivity index (χ3v) is 7.92. The maximum absolute atomic E-state index is 14.7. The lowest BCUT2D eigenvalue weighted by Gasteiger charge is -2.39. The third-order valence-electron chi connectivity index (χ3n) is 7.92. The predicted octanol–water partition coefficient (Wildman–Crippen LogP) is 3.06. The molecule has 1 aromatic heterocycles. The van der Waals surface area contributed by atoms with Crippen LogP contribution in [-0.4, -0.2) is 87.4 Å². The van der Waals surface area contributed by atoms with Gasteiger partial charge in [0.25, 0.3) is 17.8 Å². The number of carbonyl (C=O) groups excluding carboxylic acids is 3. The second-order valence-electron chi connectivity index (χ2n) is 11.6. The fraction of sp³-hybridized carbons (Fsp3) is 0.314. The summed E-state index contributed by atoms with van der Waals surface area (Å²) in [5.74, 6) is -0.991. The number of piperidine rings is 1. The Morgan fingerprint density at radius 1 is 1.08 bits per heavy atom. The minimum atomic E-state index is -0.833. The molecule has 4 aromatic rings. The molecule has 0 spiro atoms. The first-order valence-electron chi connectivity index (χ1n) is 15.8. The van der Waals surface area contributed by atoms with Crippen LogP contribution in [0.2, 0.25) is 0 Å². The van der Waals surface area contributed by atoms with Crippen LogP contribution >= 0.6 is 0 Å². The zero-order valence-corrected chi connectivity index (χ0v) is 27.5. The first-order valence-corrected chi connectivity index (χ1v) is 15.8. The monoisotopic (exact) mass is 688 g/mol. The van der Waals surface area contributed by atoms with Crippen LogP contribution < -0.4 is 24.8 Å². The summed E-state index contributed by atoms with van der Waals surface area (Å²) >= 11 is 0. The van der Waals surface area contributed by atoms with Gasteiger partial charge in [-0.3, -0.25) is 23.9 Å². The molecule has 3 aromatic carbocycles. The number of nitrogens with zero attached hydrogens (tertiary/aromatic N) is 4. The number of halogens is 1. The second-order valence-corrected chi connectivity index (χ2v) is 11.6. The van der Waals surface area contributed by atoms with Gasteiger partial charge in [0.2, 0.25) is 5.91 Å². The number of carbonyl (C=O) groups is 4. The summed E-state index contributed by atoms with van der Waals surface area (Å²) in [6.45, 7) is 1.83. The van der Waals surface area contributed by atoms with Gasteiger partial charge in [0.1, 0.15) is 41.8 Å². The molecule has 50 heavy (non-hydrogen) atoms. The van der Waals surface area contributed by atoms with E-state index in [2.05, 4.69) is 20.7 Å². The van der Waals surface area contributed by atoms with Crippen LogP contribution in [0.3, 0.4) is 0 Å². The minimum Gasteiger partial charge on any atom is -0.496 e. The molecule has 1 saturated heterocycles. The van der Waals surface area contributed by atoms with Crippen LogP contribution in [0.25, 0.3) is 11.1 Å². The summed E-state index contributed by atoms with van der Waals surface area (Å²) in [6.07, 6.45) is 2.98. The van der Waals surface area contributed by atoms with Gasteiger partial charge in [-0.1, -0.05) is 12.1 Å². The van der Waals surface area contributed by atoms with E-state index < -0.39 is 23.9 Å². The number of aryl methyl sites for hydroxylation is 1. The van der Waals surface area contributed by atoms with Gasteiger partial charge in [0.15, 0.2) is 6.61 Å². The number of benzene rings is 3. The van der Waals surface area contributed by atoms with Crippen LogP contribution in [0, 0.1) is 5.82 Å². The van der Waals surface area contributed by atoms with E-state index in [4.69, 9.17) is 24.1 Å². The molecule has 0 saturated carbocycles. The number of rotatable bonds is 4. The predicted molar refractivity (Wildman–Crippen MR) is 177 cm³/mol. The normalized spacial score (nSPS) is 17.4. The van der Waals surface area contributed by atoms with Crippen molar-refractivity contribution in [1.82, 2.24) is 30.3 Å². The van der Waals surface area contributed by atoms with E-state index in [0.29, 0.717) is 47.7 Å². The molecule has 3 heterocycles. The Morgan fingerprint density at radius 3 is 2.66 bits per heavy atom. The number of carboxylic acids is 1. The fourth-order valence-electron chi connectivity index (χ4n) is 5.60. The van der Waals surface area contributed by atoms with E-state index in [1.165, 1.54) is 18.5 Å². The van der Waals surface area contributed by atoms with Gasteiger partial charge in [0, 0.05) is 56.6 Å². The lowest BCUT2D eigenvalue weighted by molar-refractivity contribution is -0.135. The van der Waals surface area contributed by atoms with E-state index in [-0.39, 0.29) is 49.6 Å². The van der Waals surface area contributed by atoms with E-state index in [1.807, 2.05) is 6.07 Å². The number of hydrogen-bond donors (Lipinski definition) is 3. The Morgan fingerprint density at radius 2 is 1.90 bits per heavy atom. The molecule has 0 unspecified atom stereocenters. The number of methoxy groups -OCH3 is 1. The van der Waals surface area contributed by atoms with Crippen molar-refractivity contribution < 1.29 is 42.9 Å². The standard InChI is InChI=1S/C33H33FN6O6.C2H4O2/c1-44-29-6-5-23-14-27(29)22-3-2-4-25(13-22)45-18-31(41)36-16-21-11-24(34)15-26(12-21)46-30-7-9-39(17-28(30)38-33(23)43)32(42)8-10-40-20-35-19-37-40;1-2(3)4/h2-6,11-15,19-20,28,30H,7-10,16-18H2,1H3,(H,36,41)(H,38,43);1H3,(H,3,4)/t28-,30-;/m1./s1. The molecular weight excluding hydrogens is 651 g/mol. The van der Waals surface area contributed by atoms with Crippen molar-refractivity contribution in [2.45, 2.75) is 45.0 Å². The van der Waals surface area contributed by atoms with E-state index in [0.717, 1.165) is 12.5 Å². The van der Waals surface area contributed by atoms with Gasteiger partial charge in [-0.05, 0) is 53.6 Å². The van der Waals surface area contributed by atoms with Gasteiger partial charge in [0.05, 0.1) is 19.7 Å². The van der Waals surface area contributed by atoms with Gasteiger partial charge in [-0.15, -0.1) is 0 Å². The molecule has 6 rings (SSSR count). The van der Waals surface area contributed by atoms with Crippen molar-refractivity contribution >= 4 is 23.7 Å². The van der Waals surface area contributed by atoms with Crippen molar-refractivity contribution in [3.63, 3.8) is 0 Å². The highest BCUT2D eigenvalue weighted by Crippen LogP contribution is 2.33. The topological polar surface area (TPSA) is 174 Å². The number of aliphatic carboxylic acids is 1. The summed E-state index contributed by atoms with van der Waals surface area (Å²) in [5, 5.41) is 17.3. The number of nitrogens with one attached hydrogen (secondary N) is 2. The summed E-state index contributed by atoms with van der Waals surface area (Å²) in [7, 11) is 1.54. The molecule has 2 aliphatic heterocycles. The molecular formula is C35H37FN6O8. The SMILES string of the molecule is CC(=O)O.COc1ccc2cc1-c1cccc(c1)OCC(=O)NCc1cc(F)cc(c1)O[C@@H]1CCN(C(=O)CCn3cncn3)C[C@H]1NC2=O. The molecule has 0 aliphatic carbocycles. The lowest BCUT2D eigenvalue weighted by Crippen LogP contribution is -2.58. The minimum absolute atomic E-state index is 0.0538. The maximum atomic E-state index is 14.7. The largest absolute Gasteiger partial charge is 0.496 e. The molecule has 14 nitrogen and oxygen atoms in total. The highest BCUT2D eigenvalue weighted by molar-refractivity contribution is 5.96. The highest BCUT2D eigenvalue weighted by atomic mass is 19.1. The maximum Gasteiger partial charge on any atom is 0.300 e. The number of aromatic nitrogens is 3. The Kier molecular flexibility index (Phi) is 11.6. The molecule has 1 fully saturated rings. The van der Waals surface area contributed by atoms with Crippen molar-refractivity contribution in [2.75, 3.05) is 26.8 Å². The average Bonchev–Trinajstić information content (AvgIpc) is 3.62. The quantitative estimate of drug-likeness (QED) is 0.289. The van der Waals surface area contributed by atoms with Crippen LogP contribution in [-0.2, 0) is 27.5 Å². The summed E-state index contributed by atoms with van der Waals surface area (Å²) in [6, 6.07) is 15.8. The summed E-state index contributed by atoms with van der Waals surface area (Å²) in [4.78, 5) is 54.1. The zero-order chi connectivity index (χ0) is 35.6. The zero-order valence-electron chi connectivity index (χ0n) is 27.5. The van der Waals surface area contributed by atoms with Crippen LogP contribution in [0.1, 0.15) is 35.7 Å². The molecule has 15 heteroatoms. The first-order chi connectivity index (χ1) is 24.1. The Hall–Kier alpha value is -5.99. The number of ether oxygens (including phenoxy) is 3. The number of fused-ring (bicyclic) bond motifs is 8. The molecule has 6 bridgehead atoms.